The Labute approximate surface area is 141 Å². The smallest absolute Gasteiger partial charge is 0.220 e. The zero-order chi connectivity index (χ0) is 15.9. The maximum Gasteiger partial charge on any atom is 0.220 e. The number of thioether (sulfide) groups is 1. The summed E-state index contributed by atoms with van der Waals surface area (Å²) < 4.78 is 11.1. The average Bonchev–Trinajstić information content (AvgIpc) is 2.61. The highest BCUT2D eigenvalue weighted by molar-refractivity contribution is 7.99. The third-order valence-corrected chi connectivity index (χ3v) is 5.09. The fraction of sp³-hybridized carbons (Fsp3) is 0.588. The second-order valence-corrected chi connectivity index (χ2v) is 7.09. The summed E-state index contributed by atoms with van der Waals surface area (Å²) in [5.41, 5.74) is 0. The van der Waals surface area contributed by atoms with Gasteiger partial charge in [-0.3, -0.25) is 4.79 Å². The quantitative estimate of drug-likeness (QED) is 0.779. The van der Waals surface area contributed by atoms with Crippen molar-refractivity contribution in [3.8, 4) is 11.5 Å². The van der Waals surface area contributed by atoms with Crippen molar-refractivity contribution < 1.29 is 14.3 Å². The van der Waals surface area contributed by atoms with Crippen molar-refractivity contribution >= 4 is 17.7 Å². The number of piperidine rings is 1. The first-order chi connectivity index (χ1) is 11.3. The molecule has 1 saturated heterocycles. The van der Waals surface area contributed by atoms with Crippen molar-refractivity contribution in [2.75, 3.05) is 38.6 Å². The summed E-state index contributed by atoms with van der Waals surface area (Å²) in [6.07, 6.45) is 2.96. The average molecular weight is 336 g/mol. The summed E-state index contributed by atoms with van der Waals surface area (Å²) in [4.78, 5) is 13.0. The van der Waals surface area contributed by atoms with Gasteiger partial charge in [0, 0.05) is 23.6 Å². The second kappa shape index (κ2) is 8.45. The number of rotatable bonds is 6. The van der Waals surface area contributed by atoms with Crippen LogP contribution in [-0.2, 0) is 4.79 Å². The lowest BCUT2D eigenvalue weighted by molar-refractivity contribution is -0.120. The molecule has 2 N–H and O–H groups in total. The molecule has 1 fully saturated rings. The van der Waals surface area contributed by atoms with Gasteiger partial charge in [0.25, 0.3) is 0 Å². The monoisotopic (exact) mass is 336 g/mol. The van der Waals surface area contributed by atoms with E-state index in [1.807, 2.05) is 18.2 Å². The fourth-order valence-corrected chi connectivity index (χ4v) is 3.70. The van der Waals surface area contributed by atoms with Crippen LogP contribution < -0.4 is 20.1 Å². The first kappa shape index (κ1) is 16.5. The third kappa shape index (κ3) is 5.04. The van der Waals surface area contributed by atoms with E-state index in [1.54, 1.807) is 11.8 Å². The summed E-state index contributed by atoms with van der Waals surface area (Å²) >= 11 is 1.67. The Morgan fingerprint density at radius 1 is 1.30 bits per heavy atom. The molecule has 1 atom stereocenters. The Hall–Kier alpha value is -1.40. The zero-order valence-corrected chi connectivity index (χ0v) is 14.1. The highest BCUT2D eigenvalue weighted by Gasteiger charge is 2.14. The fourth-order valence-electron chi connectivity index (χ4n) is 2.82. The summed E-state index contributed by atoms with van der Waals surface area (Å²) in [6, 6.07) is 5.95. The third-order valence-electron chi connectivity index (χ3n) is 4.10. The Morgan fingerprint density at radius 2 is 2.17 bits per heavy atom. The highest BCUT2D eigenvalue weighted by Crippen LogP contribution is 2.34. The first-order valence-corrected chi connectivity index (χ1v) is 9.30. The molecule has 6 heteroatoms. The Morgan fingerprint density at radius 3 is 3.00 bits per heavy atom. The summed E-state index contributed by atoms with van der Waals surface area (Å²) in [5, 5.41) is 6.42. The number of carbonyl (C=O) groups excluding carboxylic acids is 1. The first-order valence-electron chi connectivity index (χ1n) is 8.31. The number of ether oxygens (including phenoxy) is 2. The summed E-state index contributed by atoms with van der Waals surface area (Å²) in [5.74, 6) is 3.10. The van der Waals surface area contributed by atoms with E-state index in [2.05, 4.69) is 10.6 Å². The highest BCUT2D eigenvalue weighted by atomic mass is 32.2. The number of benzene rings is 1. The molecule has 1 aromatic carbocycles. The van der Waals surface area contributed by atoms with Crippen LogP contribution in [0.4, 0.5) is 0 Å². The van der Waals surface area contributed by atoms with Gasteiger partial charge in [-0.1, -0.05) is 0 Å². The van der Waals surface area contributed by atoms with E-state index in [0.717, 1.165) is 41.8 Å². The standard InChI is InChI=1S/C17H24N2O3S/c20-17(19-12-13-2-1-6-18-11-13)5-9-23-14-3-4-15-16(10-14)22-8-7-21-15/h3-4,10,13,18H,1-2,5-9,11-12H2,(H,19,20). The number of nitrogens with one attached hydrogen (secondary N) is 2. The van der Waals surface area contributed by atoms with Crippen LogP contribution in [0.25, 0.3) is 0 Å². The number of carbonyl (C=O) groups is 1. The molecule has 2 aliphatic heterocycles. The Balaban J connectivity index is 1.36. The van der Waals surface area contributed by atoms with Crippen molar-refractivity contribution in [1.29, 1.82) is 0 Å². The molecule has 0 saturated carbocycles. The van der Waals surface area contributed by atoms with Gasteiger partial charge in [0.15, 0.2) is 11.5 Å². The molecule has 126 valence electrons. The van der Waals surface area contributed by atoms with Crippen molar-refractivity contribution in [2.24, 2.45) is 5.92 Å². The predicted molar refractivity (Wildman–Crippen MR) is 91.4 cm³/mol. The van der Waals surface area contributed by atoms with Crippen LogP contribution >= 0.6 is 11.8 Å². The second-order valence-electron chi connectivity index (χ2n) is 5.92. The normalized spacial score (nSPS) is 20.1. The van der Waals surface area contributed by atoms with Gasteiger partial charge in [-0.15, -0.1) is 11.8 Å². The number of amides is 1. The number of hydrogen-bond donors (Lipinski definition) is 2. The van der Waals surface area contributed by atoms with Crippen LogP contribution in [0.5, 0.6) is 11.5 Å². The van der Waals surface area contributed by atoms with E-state index in [9.17, 15) is 4.79 Å². The minimum absolute atomic E-state index is 0.139. The molecular weight excluding hydrogens is 312 g/mol. The minimum Gasteiger partial charge on any atom is -0.486 e. The SMILES string of the molecule is O=C(CCSc1ccc2c(c1)OCCO2)NCC1CCCNC1. The van der Waals surface area contributed by atoms with Gasteiger partial charge in [-0.2, -0.15) is 0 Å². The van der Waals surface area contributed by atoms with E-state index in [4.69, 9.17) is 9.47 Å². The van der Waals surface area contributed by atoms with Crippen molar-refractivity contribution in [3.05, 3.63) is 18.2 Å². The molecule has 0 aliphatic carbocycles. The Kier molecular flexibility index (Phi) is 6.05. The van der Waals surface area contributed by atoms with Crippen LogP contribution in [-0.4, -0.2) is 44.5 Å². The minimum atomic E-state index is 0.139. The maximum absolute atomic E-state index is 11.9. The van der Waals surface area contributed by atoms with E-state index in [1.165, 1.54) is 12.8 Å². The van der Waals surface area contributed by atoms with Crippen molar-refractivity contribution in [1.82, 2.24) is 10.6 Å². The topological polar surface area (TPSA) is 59.6 Å². The lowest BCUT2D eigenvalue weighted by Gasteiger charge is -2.22. The van der Waals surface area contributed by atoms with Crippen LogP contribution in [0.1, 0.15) is 19.3 Å². The van der Waals surface area contributed by atoms with E-state index >= 15 is 0 Å². The van der Waals surface area contributed by atoms with Crippen LogP contribution in [0.15, 0.2) is 23.1 Å². The molecule has 23 heavy (non-hydrogen) atoms. The summed E-state index contributed by atoms with van der Waals surface area (Å²) in [6.45, 7) is 4.12. The predicted octanol–water partition coefficient (Wildman–Crippen LogP) is 2.06. The van der Waals surface area contributed by atoms with Gasteiger partial charge >= 0.3 is 0 Å². The van der Waals surface area contributed by atoms with Crippen molar-refractivity contribution in [3.63, 3.8) is 0 Å². The lowest BCUT2D eigenvalue weighted by Crippen LogP contribution is -2.38. The van der Waals surface area contributed by atoms with Gasteiger partial charge < -0.3 is 20.1 Å². The maximum atomic E-state index is 11.9. The van der Waals surface area contributed by atoms with Gasteiger partial charge in [0.1, 0.15) is 13.2 Å². The molecular formula is C17H24N2O3S. The van der Waals surface area contributed by atoms with Crippen LogP contribution in [0.3, 0.4) is 0 Å². The lowest BCUT2D eigenvalue weighted by atomic mass is 10.00. The molecule has 2 aliphatic rings. The molecule has 0 aromatic heterocycles. The van der Waals surface area contributed by atoms with Crippen molar-refractivity contribution in [2.45, 2.75) is 24.2 Å². The van der Waals surface area contributed by atoms with E-state index < -0.39 is 0 Å². The number of fused-ring (bicyclic) bond motifs is 1. The van der Waals surface area contributed by atoms with Gasteiger partial charge in [-0.25, -0.2) is 0 Å². The number of hydrogen-bond acceptors (Lipinski definition) is 5. The zero-order valence-electron chi connectivity index (χ0n) is 13.3. The van der Waals surface area contributed by atoms with Gasteiger partial charge in [0.2, 0.25) is 5.91 Å². The molecule has 5 nitrogen and oxygen atoms in total. The molecule has 1 aromatic rings. The van der Waals surface area contributed by atoms with Gasteiger partial charge in [0.05, 0.1) is 0 Å². The van der Waals surface area contributed by atoms with Gasteiger partial charge in [-0.05, 0) is 50.0 Å². The largest absolute Gasteiger partial charge is 0.486 e. The molecule has 1 unspecified atom stereocenters. The van der Waals surface area contributed by atoms with E-state index in [0.29, 0.717) is 25.6 Å². The molecule has 0 bridgehead atoms. The van der Waals surface area contributed by atoms with Crippen LogP contribution in [0.2, 0.25) is 0 Å². The Bertz CT molecular complexity index is 533. The summed E-state index contributed by atoms with van der Waals surface area (Å²) in [7, 11) is 0. The molecule has 1 amide bonds. The molecule has 0 radical (unpaired) electrons. The molecule has 3 rings (SSSR count). The van der Waals surface area contributed by atoms with E-state index in [-0.39, 0.29) is 5.91 Å². The molecule has 0 spiro atoms. The molecule has 2 heterocycles. The van der Waals surface area contributed by atoms with Crippen LogP contribution in [0, 0.1) is 5.92 Å².